The third-order valence-electron chi connectivity index (χ3n) is 2.23. The summed E-state index contributed by atoms with van der Waals surface area (Å²) >= 11 is 0. The molecule has 0 radical (unpaired) electrons. The van der Waals surface area contributed by atoms with Gasteiger partial charge in [-0.15, -0.1) is 0 Å². The van der Waals surface area contributed by atoms with Crippen molar-refractivity contribution in [3.63, 3.8) is 0 Å². The molecule has 0 spiro atoms. The molecule has 76 valence electrons. The molecule has 0 aromatic carbocycles. The third kappa shape index (κ3) is 5.46. The van der Waals surface area contributed by atoms with Crippen LogP contribution in [0.15, 0.2) is 0 Å². The van der Waals surface area contributed by atoms with E-state index in [1.165, 1.54) is 19.3 Å². The average molecular weight is 265 g/mol. The van der Waals surface area contributed by atoms with Gasteiger partial charge in [0.15, 0.2) is 0 Å². The molecule has 13 heavy (non-hydrogen) atoms. The summed E-state index contributed by atoms with van der Waals surface area (Å²) in [4.78, 5) is 11.0. The molecular weight excluding hydrogens is 248 g/mol. The van der Waals surface area contributed by atoms with E-state index in [9.17, 15) is 4.79 Å². The van der Waals surface area contributed by atoms with Crippen LogP contribution in [-0.4, -0.2) is 12.1 Å². The maximum absolute atomic E-state index is 11.0. The van der Waals surface area contributed by atoms with Crippen molar-refractivity contribution >= 4 is 5.97 Å². The molecule has 0 atom stereocenters. The first-order valence-electron chi connectivity index (χ1n) is 4.81. The smallest absolute Gasteiger partial charge is 0.303 e. The number of carbonyl (C=O) groups is 1. The van der Waals surface area contributed by atoms with Gasteiger partial charge in [0.1, 0.15) is 6.10 Å². The van der Waals surface area contributed by atoms with E-state index in [0.29, 0.717) is 12.8 Å². The van der Waals surface area contributed by atoms with Gasteiger partial charge in [-0.3, -0.25) is 4.79 Å². The van der Waals surface area contributed by atoms with Gasteiger partial charge in [-0.05, 0) is 25.7 Å². The van der Waals surface area contributed by atoms with E-state index in [2.05, 4.69) is 6.92 Å². The van der Waals surface area contributed by atoms with Crippen molar-refractivity contribution in [1.82, 2.24) is 0 Å². The van der Waals surface area contributed by atoms with Gasteiger partial charge < -0.3 is 11.7 Å². The molecule has 1 saturated carbocycles. The second kappa shape index (κ2) is 7.55. The first-order chi connectivity index (χ1) is 5.83. The maximum Gasteiger partial charge on any atom is 0.303 e. The predicted molar refractivity (Wildman–Crippen MR) is 47.6 cm³/mol. The van der Waals surface area contributed by atoms with Gasteiger partial charge in [0.25, 0.3) is 0 Å². The summed E-state index contributed by atoms with van der Waals surface area (Å²) in [6.07, 6.45) is 7.15. The van der Waals surface area contributed by atoms with Crippen LogP contribution < -0.4 is 0 Å². The third-order valence-corrected chi connectivity index (χ3v) is 2.23. The molecule has 0 unspecified atom stereocenters. The first-order valence-corrected chi connectivity index (χ1v) is 4.81. The first kappa shape index (κ1) is 13.2. The molecule has 0 aromatic heterocycles. The van der Waals surface area contributed by atoms with Gasteiger partial charge in [0.2, 0.25) is 0 Å². The Bertz CT molecular complexity index is 142. The van der Waals surface area contributed by atoms with Crippen LogP contribution in [0.1, 0.15) is 44.9 Å². The molecule has 0 saturated heterocycles. The van der Waals surface area contributed by atoms with Crippen LogP contribution in [0.3, 0.4) is 0 Å². The van der Waals surface area contributed by atoms with Gasteiger partial charge in [0.05, 0.1) is 0 Å². The van der Waals surface area contributed by atoms with Gasteiger partial charge in [-0.1, -0.05) is 6.42 Å². The Morgan fingerprint density at radius 3 is 2.46 bits per heavy atom. The number of esters is 1. The molecule has 1 fully saturated rings. The Balaban J connectivity index is 0.00000144. The molecule has 0 aliphatic heterocycles. The molecule has 1 aliphatic rings. The minimum Gasteiger partial charge on any atom is -0.462 e. The zero-order chi connectivity index (χ0) is 8.81. The Morgan fingerprint density at radius 2 is 1.92 bits per heavy atom. The van der Waals surface area contributed by atoms with E-state index in [1.807, 2.05) is 0 Å². The van der Waals surface area contributed by atoms with E-state index >= 15 is 0 Å². The Hall–Kier alpha value is 0.158. The van der Waals surface area contributed by atoms with Gasteiger partial charge in [-0.2, -0.15) is 6.42 Å². The van der Waals surface area contributed by atoms with E-state index in [0.717, 1.165) is 12.8 Å². The summed E-state index contributed by atoms with van der Waals surface area (Å²) in [5, 5.41) is 0. The van der Waals surface area contributed by atoms with Crippen molar-refractivity contribution in [3.8, 4) is 0 Å². The van der Waals surface area contributed by atoms with Crippen molar-refractivity contribution in [2.75, 3.05) is 0 Å². The summed E-state index contributed by atoms with van der Waals surface area (Å²) < 4.78 is 5.25. The summed E-state index contributed by atoms with van der Waals surface area (Å²) in [7, 11) is 0. The van der Waals surface area contributed by atoms with E-state index in [1.54, 1.807) is 0 Å². The molecule has 0 heterocycles. The van der Waals surface area contributed by atoms with Crippen LogP contribution in [0, 0.1) is 6.92 Å². The monoisotopic (exact) mass is 267 g/mol. The summed E-state index contributed by atoms with van der Waals surface area (Å²) in [5.41, 5.74) is 0. The number of carbonyl (C=O) groups excluding carboxylic acids is 1. The van der Waals surface area contributed by atoms with Crippen molar-refractivity contribution < 1.29 is 30.6 Å². The Kier molecular flexibility index (Phi) is 7.64. The van der Waals surface area contributed by atoms with Crippen molar-refractivity contribution in [2.45, 2.75) is 51.0 Å². The minimum atomic E-state index is -0.0723. The van der Waals surface area contributed by atoms with E-state index < -0.39 is 0 Å². The quantitative estimate of drug-likeness (QED) is 0.445. The Morgan fingerprint density at radius 1 is 1.31 bits per heavy atom. The van der Waals surface area contributed by atoms with Crippen molar-refractivity contribution in [1.29, 1.82) is 0 Å². The minimum absolute atomic E-state index is 0. The predicted octanol–water partition coefficient (Wildman–Crippen LogP) is 2.47. The molecule has 1 aliphatic carbocycles. The summed E-state index contributed by atoms with van der Waals surface area (Å²) in [6, 6.07) is 0. The number of ether oxygens (including phenoxy) is 1. The topological polar surface area (TPSA) is 26.3 Å². The van der Waals surface area contributed by atoms with Crippen LogP contribution in [0.5, 0.6) is 0 Å². The molecule has 0 amide bonds. The van der Waals surface area contributed by atoms with Gasteiger partial charge in [0, 0.05) is 27.5 Å². The molecule has 0 aromatic rings. The van der Waals surface area contributed by atoms with Crippen LogP contribution in [0.4, 0.5) is 0 Å². The average Bonchev–Trinajstić information content (AvgIpc) is 2.06. The largest absolute Gasteiger partial charge is 0.462 e. The standard InChI is InChI=1S/C10H17O2.Mo/c1-2-6-10(11)12-9-7-4-3-5-8-9;/h9H,1-8H2;/q-1;. The Labute approximate surface area is 94.7 Å². The molecule has 2 nitrogen and oxygen atoms in total. The second-order valence-electron chi connectivity index (χ2n) is 3.35. The van der Waals surface area contributed by atoms with Gasteiger partial charge >= 0.3 is 5.97 Å². The number of hydrogen-bond acceptors (Lipinski definition) is 2. The van der Waals surface area contributed by atoms with E-state index in [4.69, 9.17) is 4.74 Å². The summed E-state index contributed by atoms with van der Waals surface area (Å²) in [6.45, 7) is 3.62. The zero-order valence-corrected chi connectivity index (χ0v) is 9.97. The van der Waals surface area contributed by atoms with Crippen LogP contribution in [-0.2, 0) is 30.6 Å². The van der Waals surface area contributed by atoms with Crippen LogP contribution in [0.25, 0.3) is 0 Å². The molecule has 1 rings (SSSR count). The second-order valence-corrected chi connectivity index (χ2v) is 3.35. The normalized spacial score (nSPS) is 17.6. The SMILES string of the molecule is [CH2-]CCC(=O)OC1CCCCC1.[Mo]. The van der Waals surface area contributed by atoms with Crippen molar-refractivity contribution in [2.24, 2.45) is 0 Å². The zero-order valence-electron chi connectivity index (χ0n) is 7.96. The number of hydrogen-bond donors (Lipinski definition) is 0. The molecule has 0 N–H and O–H groups in total. The molecule has 3 heteroatoms. The summed E-state index contributed by atoms with van der Waals surface area (Å²) in [5.74, 6) is -0.0723. The fourth-order valence-electron chi connectivity index (χ4n) is 1.57. The van der Waals surface area contributed by atoms with Crippen LogP contribution in [0.2, 0.25) is 0 Å². The van der Waals surface area contributed by atoms with Crippen molar-refractivity contribution in [3.05, 3.63) is 6.92 Å². The maximum atomic E-state index is 11.0. The van der Waals surface area contributed by atoms with Gasteiger partial charge in [-0.25, -0.2) is 0 Å². The fraction of sp³-hybridized carbons (Fsp3) is 0.800. The van der Waals surface area contributed by atoms with Crippen LogP contribution >= 0.6 is 0 Å². The molecule has 0 bridgehead atoms. The fourth-order valence-corrected chi connectivity index (χ4v) is 1.57. The number of rotatable bonds is 3. The van der Waals surface area contributed by atoms with E-state index in [-0.39, 0.29) is 33.1 Å². The molecular formula is C10H17MoO2-.